The molecule has 0 amide bonds. The maximum absolute atomic E-state index is 9.19. The molecule has 0 heterocycles. The van der Waals surface area contributed by atoms with Crippen LogP contribution in [0.15, 0.2) is 17.0 Å². The Labute approximate surface area is 76.8 Å². The summed E-state index contributed by atoms with van der Waals surface area (Å²) in [5, 5.41) is 9.19. The summed E-state index contributed by atoms with van der Waals surface area (Å²) in [5.41, 5.74) is 12.2. The molecule has 5 N–H and O–H groups in total. The van der Waals surface area contributed by atoms with Crippen LogP contribution in [0.4, 0.5) is 5.69 Å². The van der Waals surface area contributed by atoms with Gasteiger partial charge in [0.2, 0.25) is 0 Å². The zero-order chi connectivity index (χ0) is 9.14. The number of thiol groups is 1. The van der Waals surface area contributed by atoms with Crippen molar-refractivity contribution in [1.29, 1.82) is 0 Å². The molecule has 0 fully saturated rings. The third-order valence-electron chi connectivity index (χ3n) is 1.69. The first-order valence-electron chi connectivity index (χ1n) is 3.66. The van der Waals surface area contributed by atoms with Crippen LogP contribution in [0.25, 0.3) is 0 Å². The van der Waals surface area contributed by atoms with E-state index in [0.29, 0.717) is 17.1 Å². The number of phenols is 1. The van der Waals surface area contributed by atoms with Crippen molar-refractivity contribution in [2.24, 2.45) is 5.73 Å². The molecule has 4 heteroatoms. The number of aromatic hydroxyl groups is 1. The molecule has 0 aliphatic heterocycles. The number of phenolic OH excluding ortho intramolecular Hbond substituents is 1. The second-order valence-corrected chi connectivity index (χ2v) is 2.99. The van der Waals surface area contributed by atoms with Gasteiger partial charge in [-0.2, -0.15) is 0 Å². The Morgan fingerprint density at radius 2 is 2.08 bits per heavy atom. The molecule has 3 nitrogen and oxygen atoms in total. The van der Waals surface area contributed by atoms with Crippen molar-refractivity contribution < 1.29 is 5.11 Å². The molecule has 66 valence electrons. The fourth-order valence-corrected chi connectivity index (χ4v) is 1.30. The van der Waals surface area contributed by atoms with Crippen LogP contribution in [0.5, 0.6) is 5.75 Å². The van der Waals surface area contributed by atoms with Crippen molar-refractivity contribution in [2.75, 3.05) is 12.3 Å². The number of nitrogen functional groups attached to an aromatic ring is 1. The first-order chi connectivity index (χ1) is 5.66. The summed E-state index contributed by atoms with van der Waals surface area (Å²) in [4.78, 5) is 0.625. The van der Waals surface area contributed by atoms with Gasteiger partial charge in [-0.25, -0.2) is 0 Å². The lowest BCUT2D eigenvalue weighted by Crippen LogP contribution is -2.04. The van der Waals surface area contributed by atoms with Crippen LogP contribution in [-0.2, 0) is 6.42 Å². The Hall–Kier alpha value is -0.870. The van der Waals surface area contributed by atoms with Crippen molar-refractivity contribution in [3.63, 3.8) is 0 Å². The smallest absolute Gasteiger partial charge is 0.139 e. The molecule has 0 aromatic heterocycles. The van der Waals surface area contributed by atoms with Crippen molar-refractivity contribution >= 4 is 18.3 Å². The maximum atomic E-state index is 9.19. The lowest BCUT2D eigenvalue weighted by atomic mass is 10.1. The number of nitrogens with two attached hydrogens (primary N) is 2. The third-order valence-corrected chi connectivity index (χ3v) is 2.22. The van der Waals surface area contributed by atoms with E-state index >= 15 is 0 Å². The third kappa shape index (κ3) is 1.65. The van der Waals surface area contributed by atoms with E-state index in [4.69, 9.17) is 11.5 Å². The zero-order valence-corrected chi connectivity index (χ0v) is 7.51. The van der Waals surface area contributed by atoms with Gasteiger partial charge in [-0.05, 0) is 24.6 Å². The number of benzene rings is 1. The molecule has 0 aliphatic rings. The van der Waals surface area contributed by atoms with Crippen molar-refractivity contribution in [3.05, 3.63) is 17.7 Å². The Morgan fingerprint density at radius 1 is 1.42 bits per heavy atom. The summed E-state index contributed by atoms with van der Waals surface area (Å²) in [5.74, 6) is 0.0702. The molecule has 1 rings (SSSR count). The number of anilines is 1. The molecule has 1 aromatic carbocycles. The first-order valence-corrected chi connectivity index (χ1v) is 4.11. The molecule has 0 aliphatic carbocycles. The van der Waals surface area contributed by atoms with E-state index in [1.165, 1.54) is 0 Å². The Kier molecular flexibility index (Phi) is 2.83. The Bertz CT molecular complexity index is 289. The normalized spacial score (nSPS) is 10.2. The SMILES string of the molecule is NCCc1ccc(O)c(N)c1S. The van der Waals surface area contributed by atoms with Crippen LogP contribution in [0.3, 0.4) is 0 Å². The van der Waals surface area contributed by atoms with Gasteiger partial charge in [0, 0.05) is 4.90 Å². The summed E-state index contributed by atoms with van der Waals surface area (Å²) >= 11 is 4.17. The monoisotopic (exact) mass is 184 g/mol. The highest BCUT2D eigenvalue weighted by Gasteiger charge is 2.05. The topological polar surface area (TPSA) is 72.3 Å². The fourth-order valence-electron chi connectivity index (χ4n) is 1.000. The number of hydrogen-bond donors (Lipinski definition) is 4. The van der Waals surface area contributed by atoms with Crippen LogP contribution < -0.4 is 11.5 Å². The van der Waals surface area contributed by atoms with E-state index in [2.05, 4.69) is 12.6 Å². The molecule has 0 atom stereocenters. The van der Waals surface area contributed by atoms with Gasteiger partial charge in [-0.15, -0.1) is 12.6 Å². The summed E-state index contributed by atoms with van der Waals surface area (Å²) in [6, 6.07) is 3.33. The van der Waals surface area contributed by atoms with Gasteiger partial charge in [-0.1, -0.05) is 6.07 Å². The van der Waals surface area contributed by atoms with Crippen LogP contribution in [0.1, 0.15) is 5.56 Å². The Balaban J connectivity index is 3.08. The van der Waals surface area contributed by atoms with Gasteiger partial charge in [0.25, 0.3) is 0 Å². The largest absolute Gasteiger partial charge is 0.506 e. The number of rotatable bonds is 2. The Morgan fingerprint density at radius 3 is 2.67 bits per heavy atom. The average molecular weight is 184 g/mol. The molecule has 1 aromatic rings. The average Bonchev–Trinajstić information content (AvgIpc) is 2.07. The van der Waals surface area contributed by atoms with Crippen LogP contribution in [-0.4, -0.2) is 11.7 Å². The highest BCUT2D eigenvalue weighted by atomic mass is 32.1. The van der Waals surface area contributed by atoms with E-state index in [9.17, 15) is 5.11 Å². The second kappa shape index (κ2) is 3.69. The highest BCUT2D eigenvalue weighted by Crippen LogP contribution is 2.29. The molecule has 12 heavy (non-hydrogen) atoms. The van der Waals surface area contributed by atoms with E-state index in [1.54, 1.807) is 12.1 Å². The molecule has 0 saturated carbocycles. The molecule has 0 saturated heterocycles. The van der Waals surface area contributed by atoms with Crippen LogP contribution in [0, 0.1) is 0 Å². The summed E-state index contributed by atoms with van der Waals surface area (Å²) < 4.78 is 0. The minimum atomic E-state index is 0.0702. The summed E-state index contributed by atoms with van der Waals surface area (Å²) in [6.45, 7) is 0.553. The van der Waals surface area contributed by atoms with Gasteiger partial charge in [-0.3, -0.25) is 0 Å². The lowest BCUT2D eigenvalue weighted by Gasteiger charge is -2.07. The minimum absolute atomic E-state index is 0.0702. The molecule has 0 spiro atoms. The number of hydrogen-bond acceptors (Lipinski definition) is 4. The standard InChI is InChI=1S/C8H12N2OS/c9-4-3-5-1-2-6(11)7(10)8(5)12/h1-2,11-12H,3-4,9-10H2. The summed E-state index contributed by atoms with van der Waals surface area (Å²) in [6.07, 6.45) is 0.726. The first kappa shape index (κ1) is 9.22. The van der Waals surface area contributed by atoms with E-state index in [-0.39, 0.29) is 5.75 Å². The predicted molar refractivity (Wildman–Crippen MR) is 52.5 cm³/mol. The minimum Gasteiger partial charge on any atom is -0.506 e. The van der Waals surface area contributed by atoms with Gasteiger partial charge in [0.05, 0.1) is 5.69 Å². The van der Waals surface area contributed by atoms with Gasteiger partial charge < -0.3 is 16.6 Å². The molecular weight excluding hydrogens is 172 g/mol. The van der Waals surface area contributed by atoms with Crippen molar-refractivity contribution in [3.8, 4) is 5.75 Å². The molecular formula is C8H12N2OS. The lowest BCUT2D eigenvalue weighted by molar-refractivity contribution is 0.476. The maximum Gasteiger partial charge on any atom is 0.139 e. The quantitative estimate of drug-likeness (QED) is 0.311. The van der Waals surface area contributed by atoms with Crippen molar-refractivity contribution in [2.45, 2.75) is 11.3 Å². The molecule has 0 radical (unpaired) electrons. The zero-order valence-electron chi connectivity index (χ0n) is 6.62. The molecule has 0 bridgehead atoms. The fraction of sp³-hybridized carbons (Fsp3) is 0.250. The molecule has 0 unspecified atom stereocenters. The van der Waals surface area contributed by atoms with Gasteiger partial charge in [0.1, 0.15) is 5.75 Å². The highest BCUT2D eigenvalue weighted by molar-refractivity contribution is 7.80. The van der Waals surface area contributed by atoms with Gasteiger partial charge in [0.15, 0.2) is 0 Å². The van der Waals surface area contributed by atoms with Crippen LogP contribution >= 0.6 is 12.6 Å². The second-order valence-electron chi connectivity index (χ2n) is 2.54. The summed E-state index contributed by atoms with van der Waals surface area (Å²) in [7, 11) is 0. The predicted octanol–water partition coefficient (Wildman–Crippen LogP) is 0.764. The van der Waals surface area contributed by atoms with E-state index in [0.717, 1.165) is 12.0 Å². The van der Waals surface area contributed by atoms with Crippen LogP contribution in [0.2, 0.25) is 0 Å². The van der Waals surface area contributed by atoms with E-state index in [1.807, 2.05) is 0 Å². The van der Waals surface area contributed by atoms with Gasteiger partial charge >= 0.3 is 0 Å². The van der Waals surface area contributed by atoms with E-state index < -0.39 is 0 Å². The van der Waals surface area contributed by atoms with Crippen molar-refractivity contribution in [1.82, 2.24) is 0 Å².